The van der Waals surface area contributed by atoms with Gasteiger partial charge in [0, 0.05) is 0 Å². The van der Waals surface area contributed by atoms with Gasteiger partial charge in [-0.1, -0.05) is 152 Å². The molecule has 0 bridgehead atoms. The molecule has 0 saturated carbocycles. The molecule has 1 saturated heterocycles. The number of hydrogen-bond donors (Lipinski definition) is 0. The van der Waals surface area contributed by atoms with Gasteiger partial charge in [-0.15, -0.1) is 0 Å². The predicted molar refractivity (Wildman–Crippen MR) is 196 cm³/mol. The lowest BCUT2D eigenvalue weighted by molar-refractivity contribution is -0.212. The summed E-state index contributed by atoms with van der Waals surface area (Å²) in [6.45, 7) is 0.944. The summed E-state index contributed by atoms with van der Waals surface area (Å²) >= 11 is 0. The molecule has 9 nitrogen and oxygen atoms in total. The van der Waals surface area contributed by atoms with Gasteiger partial charge < -0.3 is 23.7 Å². The van der Waals surface area contributed by atoms with E-state index >= 15 is 0 Å². The number of benzene rings is 5. The SMILES string of the molecule is O=S1(=O)OC[C@@H](OCc2ccccc2)[C@H]([C@H](OCc2ccccc2)[C@H](OCc2ccccc2)[C@H](COCc2ccccc2)OCc2ccccc2)O1. The van der Waals surface area contributed by atoms with Crippen LogP contribution in [0.3, 0.4) is 0 Å². The molecule has 10 heteroatoms. The minimum absolute atomic E-state index is 0.109. The van der Waals surface area contributed by atoms with Crippen molar-refractivity contribution in [2.45, 2.75) is 63.6 Å². The second-order valence-corrected chi connectivity index (χ2v) is 13.7. The summed E-state index contributed by atoms with van der Waals surface area (Å²) in [5, 5.41) is 0. The largest absolute Gasteiger partial charge is 0.400 e. The van der Waals surface area contributed by atoms with Crippen LogP contribution in [0.4, 0.5) is 0 Å². The number of ether oxygens (including phenoxy) is 5. The fourth-order valence-corrected chi connectivity index (χ4v) is 6.73. The van der Waals surface area contributed by atoms with Crippen molar-refractivity contribution in [3.05, 3.63) is 179 Å². The summed E-state index contributed by atoms with van der Waals surface area (Å²) < 4.78 is 69.7. The Bertz CT molecular complexity index is 1830. The molecule has 0 unspecified atom stereocenters. The summed E-state index contributed by atoms with van der Waals surface area (Å²) in [5.74, 6) is 0. The van der Waals surface area contributed by atoms with E-state index < -0.39 is 40.9 Å². The zero-order chi connectivity index (χ0) is 35.9. The second kappa shape index (κ2) is 19.6. The Labute approximate surface area is 306 Å². The Hall–Kier alpha value is -4.23. The van der Waals surface area contributed by atoms with Crippen LogP contribution in [0.5, 0.6) is 0 Å². The molecule has 0 N–H and O–H groups in total. The zero-order valence-electron chi connectivity index (χ0n) is 28.9. The monoisotopic (exact) mass is 724 g/mol. The molecule has 272 valence electrons. The Kier molecular flexibility index (Phi) is 14.1. The summed E-state index contributed by atoms with van der Waals surface area (Å²) in [6.07, 6.45) is -4.66. The van der Waals surface area contributed by atoms with Gasteiger partial charge in [-0.25, -0.2) is 8.37 Å². The zero-order valence-corrected chi connectivity index (χ0v) is 29.7. The van der Waals surface area contributed by atoms with Crippen LogP contribution in [0.2, 0.25) is 0 Å². The predicted octanol–water partition coefficient (Wildman–Crippen LogP) is 7.21. The van der Waals surface area contributed by atoms with E-state index in [-0.39, 0.29) is 39.6 Å². The summed E-state index contributed by atoms with van der Waals surface area (Å²) in [4.78, 5) is 0. The van der Waals surface area contributed by atoms with Gasteiger partial charge in [-0.3, -0.25) is 0 Å². The van der Waals surface area contributed by atoms with Crippen LogP contribution in [-0.4, -0.2) is 52.2 Å². The van der Waals surface area contributed by atoms with Crippen LogP contribution in [-0.2, 0) is 75.5 Å². The molecule has 0 aromatic heterocycles. The fraction of sp³-hybridized carbons (Fsp3) is 0.286. The van der Waals surface area contributed by atoms with Crippen LogP contribution in [0, 0.1) is 0 Å². The average Bonchev–Trinajstić information content (AvgIpc) is 3.19. The van der Waals surface area contributed by atoms with Gasteiger partial charge in [0.25, 0.3) is 0 Å². The van der Waals surface area contributed by atoms with Crippen molar-refractivity contribution in [2.24, 2.45) is 0 Å². The molecule has 5 aromatic carbocycles. The molecule has 0 radical (unpaired) electrons. The van der Waals surface area contributed by atoms with E-state index in [1.54, 1.807) is 0 Å². The first kappa shape index (κ1) is 37.5. The highest BCUT2D eigenvalue weighted by molar-refractivity contribution is 7.81. The van der Waals surface area contributed by atoms with Crippen molar-refractivity contribution < 1.29 is 40.5 Å². The molecule has 1 aliphatic rings. The van der Waals surface area contributed by atoms with Gasteiger partial charge in [0.05, 0.1) is 46.2 Å². The van der Waals surface area contributed by atoms with E-state index in [1.807, 2.05) is 152 Å². The van der Waals surface area contributed by atoms with Gasteiger partial charge in [0.1, 0.15) is 30.5 Å². The molecular formula is C42H44O9S. The van der Waals surface area contributed by atoms with Gasteiger partial charge in [0.2, 0.25) is 0 Å². The highest BCUT2D eigenvalue weighted by Crippen LogP contribution is 2.30. The lowest BCUT2D eigenvalue weighted by atomic mass is 9.98. The van der Waals surface area contributed by atoms with E-state index in [1.165, 1.54) is 0 Å². The lowest BCUT2D eigenvalue weighted by Gasteiger charge is -2.41. The minimum atomic E-state index is -4.40. The first-order chi connectivity index (χ1) is 25.5. The van der Waals surface area contributed by atoms with Crippen molar-refractivity contribution in [1.29, 1.82) is 0 Å². The molecule has 0 aliphatic carbocycles. The number of hydrogen-bond acceptors (Lipinski definition) is 9. The molecule has 0 spiro atoms. The lowest BCUT2D eigenvalue weighted by Crippen LogP contribution is -2.58. The van der Waals surface area contributed by atoms with E-state index in [0.29, 0.717) is 6.61 Å². The Morgan fingerprint density at radius 3 is 1.46 bits per heavy atom. The smallest absolute Gasteiger partial charge is 0.374 e. The Balaban J connectivity index is 1.36. The topological polar surface area (TPSA) is 98.8 Å². The average molecular weight is 725 g/mol. The van der Waals surface area contributed by atoms with Crippen molar-refractivity contribution in [1.82, 2.24) is 0 Å². The highest BCUT2D eigenvalue weighted by atomic mass is 32.3. The van der Waals surface area contributed by atoms with Gasteiger partial charge >= 0.3 is 10.4 Å². The molecule has 1 fully saturated rings. The third-order valence-electron chi connectivity index (χ3n) is 8.56. The van der Waals surface area contributed by atoms with Crippen molar-refractivity contribution >= 4 is 10.4 Å². The Morgan fingerprint density at radius 1 is 0.538 bits per heavy atom. The quantitative estimate of drug-likeness (QED) is 0.0876. The van der Waals surface area contributed by atoms with Crippen molar-refractivity contribution in [3.63, 3.8) is 0 Å². The molecule has 6 rings (SSSR count). The van der Waals surface area contributed by atoms with Gasteiger partial charge in [-0.05, 0) is 27.8 Å². The molecule has 0 amide bonds. The first-order valence-electron chi connectivity index (χ1n) is 17.3. The highest BCUT2D eigenvalue weighted by Gasteiger charge is 2.47. The molecule has 1 heterocycles. The molecular weight excluding hydrogens is 681 g/mol. The van der Waals surface area contributed by atoms with E-state index in [9.17, 15) is 8.42 Å². The maximum absolute atomic E-state index is 13.0. The van der Waals surface area contributed by atoms with Crippen LogP contribution < -0.4 is 0 Å². The third kappa shape index (κ3) is 11.6. The summed E-state index contributed by atoms with van der Waals surface area (Å²) in [5.41, 5.74) is 4.66. The van der Waals surface area contributed by atoms with E-state index in [4.69, 9.17) is 32.1 Å². The first-order valence-corrected chi connectivity index (χ1v) is 18.7. The maximum Gasteiger partial charge on any atom is 0.400 e. The molecule has 1 aliphatic heterocycles. The van der Waals surface area contributed by atoms with E-state index in [0.717, 1.165) is 27.8 Å². The van der Waals surface area contributed by atoms with Crippen LogP contribution >= 0.6 is 0 Å². The number of rotatable bonds is 19. The minimum Gasteiger partial charge on any atom is -0.374 e. The summed E-state index contributed by atoms with van der Waals surface area (Å²) in [6, 6.07) is 48.6. The van der Waals surface area contributed by atoms with Crippen LogP contribution in [0.25, 0.3) is 0 Å². The summed E-state index contributed by atoms with van der Waals surface area (Å²) in [7, 11) is -4.40. The van der Waals surface area contributed by atoms with Crippen molar-refractivity contribution in [2.75, 3.05) is 13.2 Å². The van der Waals surface area contributed by atoms with Crippen LogP contribution in [0.1, 0.15) is 27.8 Å². The van der Waals surface area contributed by atoms with Gasteiger partial charge in [0.15, 0.2) is 0 Å². The third-order valence-corrected chi connectivity index (χ3v) is 9.45. The molecule has 52 heavy (non-hydrogen) atoms. The standard InChI is InChI=1S/C42H44O9S/c43-52(44)50-32-39(47-28-35-20-10-3-11-21-35)41(51-52)42(49-30-37-24-14-5-15-25-37)40(48-29-36-22-12-4-13-23-36)38(46-27-34-18-8-2-9-19-34)31-45-26-33-16-6-1-7-17-33/h1-25,38-42H,26-32H2/t38-,39+,40+,41+,42+/m0/s1. The molecule has 5 atom stereocenters. The fourth-order valence-electron chi connectivity index (χ4n) is 5.86. The second-order valence-electron chi connectivity index (χ2n) is 12.4. The maximum atomic E-state index is 13.0. The molecule has 5 aromatic rings. The van der Waals surface area contributed by atoms with Gasteiger partial charge in [-0.2, -0.15) is 8.42 Å². The van der Waals surface area contributed by atoms with Crippen LogP contribution in [0.15, 0.2) is 152 Å². The van der Waals surface area contributed by atoms with Crippen molar-refractivity contribution in [3.8, 4) is 0 Å². The van der Waals surface area contributed by atoms with E-state index in [2.05, 4.69) is 0 Å². The normalized spacial score (nSPS) is 18.7. The Morgan fingerprint density at radius 2 is 0.962 bits per heavy atom.